The van der Waals surface area contributed by atoms with Crippen LogP contribution in [0.1, 0.15) is 29.8 Å². The fourth-order valence-electron chi connectivity index (χ4n) is 4.13. The van der Waals surface area contributed by atoms with Crippen LogP contribution in [0.2, 0.25) is 5.02 Å². The number of aliphatic carboxylic acids is 1. The summed E-state index contributed by atoms with van der Waals surface area (Å²) in [5.74, 6) is -0.938. The number of rotatable bonds is 3. The van der Waals surface area contributed by atoms with E-state index in [-0.39, 0.29) is 18.4 Å². The molecule has 2 aliphatic rings. The van der Waals surface area contributed by atoms with Crippen molar-refractivity contribution in [3.63, 3.8) is 0 Å². The number of fused-ring (bicyclic) bond motifs is 1. The molecule has 2 aromatic rings. The van der Waals surface area contributed by atoms with Crippen LogP contribution in [0.25, 0.3) is 5.69 Å². The van der Waals surface area contributed by atoms with Gasteiger partial charge in [0.2, 0.25) is 0 Å². The fraction of sp³-hybridized carbons (Fsp3) is 0.389. The molecule has 1 N–H and O–H groups in total. The van der Waals surface area contributed by atoms with Gasteiger partial charge in [-0.2, -0.15) is 5.10 Å². The lowest BCUT2D eigenvalue weighted by Crippen LogP contribution is -2.37. The summed E-state index contributed by atoms with van der Waals surface area (Å²) in [5, 5.41) is 14.6. The monoisotopic (exact) mass is 359 g/mol. The third-order valence-corrected chi connectivity index (χ3v) is 5.74. The number of carboxylic acid groups (broad SMARTS) is 1. The highest BCUT2D eigenvalue weighted by Gasteiger charge is 2.55. The average Bonchev–Trinajstić information content (AvgIpc) is 3.29. The highest BCUT2D eigenvalue weighted by atomic mass is 35.5. The smallest absolute Gasteiger partial charge is 0.311 e. The Morgan fingerprint density at radius 1 is 1.24 bits per heavy atom. The summed E-state index contributed by atoms with van der Waals surface area (Å²) >= 11 is 5.89. The van der Waals surface area contributed by atoms with Crippen LogP contribution in [0.4, 0.5) is 0 Å². The van der Waals surface area contributed by atoms with Gasteiger partial charge in [0, 0.05) is 24.3 Å². The van der Waals surface area contributed by atoms with Crippen molar-refractivity contribution in [2.75, 3.05) is 13.1 Å². The molecule has 1 saturated heterocycles. The van der Waals surface area contributed by atoms with Crippen LogP contribution < -0.4 is 0 Å². The lowest BCUT2D eigenvalue weighted by atomic mass is 9.81. The minimum absolute atomic E-state index is 0.0484. The summed E-state index contributed by atoms with van der Waals surface area (Å²) in [4.78, 5) is 26.2. The predicted octanol–water partition coefficient (Wildman–Crippen LogP) is 2.85. The third-order valence-electron chi connectivity index (χ3n) is 5.48. The maximum atomic E-state index is 12.8. The molecular weight excluding hydrogens is 342 g/mol. The molecule has 2 heterocycles. The number of halogens is 1. The van der Waals surface area contributed by atoms with Gasteiger partial charge in [-0.05, 0) is 49.1 Å². The van der Waals surface area contributed by atoms with E-state index in [1.807, 2.05) is 12.1 Å². The van der Waals surface area contributed by atoms with Crippen molar-refractivity contribution in [2.45, 2.75) is 19.3 Å². The van der Waals surface area contributed by atoms with E-state index in [0.29, 0.717) is 23.7 Å². The molecule has 0 radical (unpaired) electrons. The average molecular weight is 360 g/mol. The molecule has 1 aliphatic carbocycles. The van der Waals surface area contributed by atoms with Gasteiger partial charge < -0.3 is 10.0 Å². The standard InChI is InChI=1S/C18H18ClN3O3/c19-13-3-5-14(6-4-13)22-9-7-15(20-22)16(23)21-10-12-2-1-8-18(12,11-21)17(24)25/h3-7,9,12H,1-2,8,10-11H2,(H,24,25)/t12-,18+/m0/s1. The van der Waals surface area contributed by atoms with E-state index < -0.39 is 11.4 Å². The number of carbonyl (C=O) groups is 2. The van der Waals surface area contributed by atoms with Crippen molar-refractivity contribution in [3.05, 3.63) is 47.2 Å². The van der Waals surface area contributed by atoms with Gasteiger partial charge in [-0.25, -0.2) is 4.68 Å². The molecular formula is C18H18ClN3O3. The molecule has 1 aromatic carbocycles. The Morgan fingerprint density at radius 2 is 2.00 bits per heavy atom. The quantitative estimate of drug-likeness (QED) is 0.914. The van der Waals surface area contributed by atoms with E-state index >= 15 is 0 Å². The highest BCUT2D eigenvalue weighted by molar-refractivity contribution is 6.30. The molecule has 2 fully saturated rings. The Morgan fingerprint density at radius 3 is 2.68 bits per heavy atom. The van der Waals surface area contributed by atoms with Gasteiger partial charge in [0.05, 0.1) is 11.1 Å². The molecule has 7 heteroatoms. The molecule has 1 saturated carbocycles. The van der Waals surface area contributed by atoms with Gasteiger partial charge >= 0.3 is 5.97 Å². The molecule has 6 nitrogen and oxygen atoms in total. The summed E-state index contributed by atoms with van der Waals surface area (Å²) in [5.41, 5.74) is 0.369. The maximum Gasteiger partial charge on any atom is 0.311 e. The SMILES string of the molecule is O=C(c1ccn(-c2ccc(Cl)cc2)n1)N1C[C@@H]2CCC[C@@]2(C(=O)O)C1. The third kappa shape index (κ3) is 2.61. The summed E-state index contributed by atoms with van der Waals surface area (Å²) < 4.78 is 1.62. The number of hydrogen-bond donors (Lipinski definition) is 1. The summed E-state index contributed by atoms with van der Waals surface area (Å²) in [7, 11) is 0. The van der Waals surface area contributed by atoms with E-state index in [1.165, 1.54) is 0 Å². The van der Waals surface area contributed by atoms with Gasteiger partial charge in [0.25, 0.3) is 5.91 Å². The first-order valence-corrected chi connectivity index (χ1v) is 8.72. The first-order chi connectivity index (χ1) is 12.0. The Labute approximate surface area is 150 Å². The van der Waals surface area contributed by atoms with Crippen LogP contribution in [-0.2, 0) is 4.79 Å². The number of aromatic nitrogens is 2. The van der Waals surface area contributed by atoms with Gasteiger partial charge in [-0.15, -0.1) is 0 Å². The van der Waals surface area contributed by atoms with Crippen LogP contribution in [0, 0.1) is 11.3 Å². The molecule has 2 atom stereocenters. The minimum Gasteiger partial charge on any atom is -0.481 e. The topological polar surface area (TPSA) is 75.4 Å². The van der Waals surface area contributed by atoms with Crippen molar-refractivity contribution in [1.29, 1.82) is 0 Å². The second-order valence-electron chi connectivity index (χ2n) is 6.86. The van der Waals surface area contributed by atoms with Crippen LogP contribution in [0.15, 0.2) is 36.5 Å². The molecule has 1 aromatic heterocycles. The Bertz CT molecular complexity index is 832. The van der Waals surface area contributed by atoms with E-state index in [1.54, 1.807) is 34.0 Å². The predicted molar refractivity (Wildman–Crippen MR) is 91.9 cm³/mol. The second kappa shape index (κ2) is 5.88. The number of amides is 1. The van der Waals surface area contributed by atoms with Gasteiger partial charge in [0.15, 0.2) is 5.69 Å². The Balaban J connectivity index is 1.55. The van der Waals surface area contributed by atoms with Crippen LogP contribution in [0.5, 0.6) is 0 Å². The van der Waals surface area contributed by atoms with Crippen LogP contribution >= 0.6 is 11.6 Å². The van der Waals surface area contributed by atoms with E-state index in [4.69, 9.17) is 11.6 Å². The lowest BCUT2D eigenvalue weighted by Gasteiger charge is -2.23. The van der Waals surface area contributed by atoms with Gasteiger partial charge in [-0.3, -0.25) is 9.59 Å². The maximum absolute atomic E-state index is 12.8. The van der Waals surface area contributed by atoms with Crippen molar-refractivity contribution in [1.82, 2.24) is 14.7 Å². The van der Waals surface area contributed by atoms with E-state index in [0.717, 1.165) is 18.5 Å². The van der Waals surface area contributed by atoms with Crippen molar-refractivity contribution in [3.8, 4) is 5.69 Å². The second-order valence-corrected chi connectivity index (χ2v) is 7.29. The van der Waals surface area contributed by atoms with Crippen molar-refractivity contribution < 1.29 is 14.7 Å². The number of carboxylic acids is 1. The number of nitrogens with zero attached hydrogens (tertiary/aromatic N) is 3. The van der Waals surface area contributed by atoms with E-state index in [9.17, 15) is 14.7 Å². The molecule has 130 valence electrons. The first-order valence-electron chi connectivity index (χ1n) is 8.34. The molecule has 1 amide bonds. The number of benzene rings is 1. The molecule has 4 rings (SSSR count). The zero-order chi connectivity index (χ0) is 17.6. The Kier molecular flexibility index (Phi) is 3.80. The van der Waals surface area contributed by atoms with Crippen LogP contribution in [0.3, 0.4) is 0 Å². The van der Waals surface area contributed by atoms with E-state index in [2.05, 4.69) is 5.10 Å². The first kappa shape index (κ1) is 16.1. The zero-order valence-corrected chi connectivity index (χ0v) is 14.3. The van der Waals surface area contributed by atoms with Gasteiger partial charge in [-0.1, -0.05) is 18.0 Å². The molecule has 1 aliphatic heterocycles. The number of carbonyl (C=O) groups excluding carboxylic acids is 1. The lowest BCUT2D eigenvalue weighted by molar-refractivity contribution is -0.149. The normalized spacial score (nSPS) is 25.2. The van der Waals surface area contributed by atoms with Gasteiger partial charge in [0.1, 0.15) is 0 Å². The minimum atomic E-state index is -0.781. The largest absolute Gasteiger partial charge is 0.481 e. The molecule has 0 bridgehead atoms. The summed E-state index contributed by atoms with van der Waals surface area (Å²) in [6.45, 7) is 0.776. The zero-order valence-electron chi connectivity index (χ0n) is 13.6. The Hall–Kier alpha value is -2.34. The fourth-order valence-corrected chi connectivity index (χ4v) is 4.26. The number of hydrogen-bond acceptors (Lipinski definition) is 3. The van der Waals surface area contributed by atoms with Crippen molar-refractivity contribution in [2.24, 2.45) is 11.3 Å². The summed E-state index contributed by atoms with van der Waals surface area (Å²) in [6, 6.07) is 8.84. The molecule has 0 spiro atoms. The highest BCUT2D eigenvalue weighted by Crippen LogP contribution is 2.49. The van der Waals surface area contributed by atoms with Crippen LogP contribution in [-0.4, -0.2) is 44.8 Å². The molecule has 0 unspecified atom stereocenters. The summed E-state index contributed by atoms with van der Waals surface area (Å²) in [6.07, 6.45) is 4.16. The van der Waals surface area contributed by atoms with Crippen molar-refractivity contribution >= 4 is 23.5 Å². The number of likely N-dealkylation sites (tertiary alicyclic amines) is 1. The molecule has 25 heavy (non-hydrogen) atoms.